The SMILES string of the molecule is COc1ccccc1OCCOc1c(Cl)cc(C(N)=S)cc1OC. The lowest BCUT2D eigenvalue weighted by molar-refractivity contribution is 0.206. The van der Waals surface area contributed by atoms with E-state index in [1.807, 2.05) is 24.3 Å². The first-order chi connectivity index (χ1) is 11.6. The fraction of sp³-hybridized carbons (Fsp3) is 0.235. The molecular formula is C17H18ClNO4S. The molecule has 2 N–H and O–H groups in total. The third kappa shape index (κ3) is 4.43. The lowest BCUT2D eigenvalue weighted by atomic mass is 10.2. The fourth-order valence-electron chi connectivity index (χ4n) is 2.04. The monoisotopic (exact) mass is 367 g/mol. The molecule has 0 saturated heterocycles. The highest BCUT2D eigenvalue weighted by Crippen LogP contribution is 2.36. The second-order valence-corrected chi connectivity index (χ2v) is 5.55. The van der Waals surface area contributed by atoms with Crippen molar-refractivity contribution >= 4 is 28.8 Å². The van der Waals surface area contributed by atoms with Gasteiger partial charge in [-0.15, -0.1) is 0 Å². The van der Waals surface area contributed by atoms with Gasteiger partial charge in [-0.3, -0.25) is 0 Å². The summed E-state index contributed by atoms with van der Waals surface area (Å²) in [6.07, 6.45) is 0. The van der Waals surface area contributed by atoms with Crippen molar-refractivity contribution in [2.45, 2.75) is 0 Å². The van der Waals surface area contributed by atoms with Crippen molar-refractivity contribution in [3.05, 3.63) is 47.0 Å². The predicted octanol–water partition coefficient (Wildman–Crippen LogP) is 3.45. The predicted molar refractivity (Wildman–Crippen MR) is 97.9 cm³/mol. The number of thiocarbonyl (C=S) groups is 1. The zero-order valence-corrected chi connectivity index (χ0v) is 14.9. The minimum atomic E-state index is 0.237. The molecule has 2 rings (SSSR count). The van der Waals surface area contributed by atoms with Crippen molar-refractivity contribution in [3.8, 4) is 23.0 Å². The van der Waals surface area contributed by atoms with E-state index in [4.69, 9.17) is 48.5 Å². The van der Waals surface area contributed by atoms with E-state index in [-0.39, 0.29) is 11.6 Å². The summed E-state index contributed by atoms with van der Waals surface area (Å²) >= 11 is 11.2. The number of methoxy groups -OCH3 is 2. The Morgan fingerprint density at radius 3 is 2.25 bits per heavy atom. The summed E-state index contributed by atoms with van der Waals surface area (Å²) in [4.78, 5) is 0.237. The van der Waals surface area contributed by atoms with Crippen LogP contribution in [0.25, 0.3) is 0 Å². The van der Waals surface area contributed by atoms with Crippen LogP contribution in [0.5, 0.6) is 23.0 Å². The van der Waals surface area contributed by atoms with Crippen LogP contribution < -0.4 is 24.7 Å². The molecule has 0 aliphatic rings. The van der Waals surface area contributed by atoms with E-state index in [0.717, 1.165) is 0 Å². The maximum absolute atomic E-state index is 6.22. The zero-order valence-electron chi connectivity index (χ0n) is 13.4. The van der Waals surface area contributed by atoms with Crippen LogP contribution in [0, 0.1) is 0 Å². The second kappa shape index (κ2) is 8.61. The molecule has 24 heavy (non-hydrogen) atoms. The Bertz CT molecular complexity index is 724. The first kappa shape index (κ1) is 18.2. The molecule has 0 radical (unpaired) electrons. The van der Waals surface area contributed by atoms with Crippen molar-refractivity contribution in [2.75, 3.05) is 27.4 Å². The molecule has 0 aromatic heterocycles. The maximum atomic E-state index is 6.22. The van der Waals surface area contributed by atoms with E-state index in [1.54, 1.807) is 19.2 Å². The van der Waals surface area contributed by atoms with E-state index in [2.05, 4.69) is 0 Å². The molecule has 0 saturated carbocycles. The second-order valence-electron chi connectivity index (χ2n) is 4.70. The van der Waals surface area contributed by atoms with Gasteiger partial charge in [0.05, 0.1) is 19.2 Å². The highest BCUT2D eigenvalue weighted by Gasteiger charge is 2.13. The van der Waals surface area contributed by atoms with Crippen molar-refractivity contribution in [2.24, 2.45) is 5.73 Å². The Balaban J connectivity index is 2.00. The number of benzene rings is 2. The van der Waals surface area contributed by atoms with Gasteiger partial charge in [0.1, 0.15) is 18.2 Å². The molecule has 0 heterocycles. The summed E-state index contributed by atoms with van der Waals surface area (Å²) in [5.41, 5.74) is 6.23. The molecule has 0 amide bonds. The summed E-state index contributed by atoms with van der Waals surface area (Å²) in [5, 5.41) is 0.370. The Morgan fingerprint density at radius 1 is 1.00 bits per heavy atom. The standard InChI is InChI=1S/C17H18ClNO4S/c1-20-13-5-3-4-6-14(13)22-7-8-23-16-12(18)9-11(17(19)24)10-15(16)21-2/h3-6,9-10H,7-8H2,1-2H3,(H2,19,24). The van der Waals surface area contributed by atoms with Gasteiger partial charge in [0, 0.05) is 5.56 Å². The van der Waals surface area contributed by atoms with Crippen LogP contribution in [0.3, 0.4) is 0 Å². The van der Waals surface area contributed by atoms with Crippen LogP contribution in [0.1, 0.15) is 5.56 Å². The van der Waals surface area contributed by atoms with Crippen molar-refractivity contribution in [1.29, 1.82) is 0 Å². The topological polar surface area (TPSA) is 62.9 Å². The van der Waals surface area contributed by atoms with E-state index < -0.39 is 0 Å². The number of hydrogen-bond donors (Lipinski definition) is 1. The summed E-state index contributed by atoms with van der Waals surface area (Å²) in [6, 6.07) is 10.7. The van der Waals surface area contributed by atoms with Crippen LogP contribution in [-0.4, -0.2) is 32.4 Å². The first-order valence-electron chi connectivity index (χ1n) is 7.12. The summed E-state index contributed by atoms with van der Waals surface area (Å²) in [6.45, 7) is 0.595. The Labute approximate surface area is 151 Å². The van der Waals surface area contributed by atoms with Gasteiger partial charge in [-0.05, 0) is 24.3 Å². The molecule has 0 aliphatic carbocycles. The van der Waals surface area contributed by atoms with Crippen molar-refractivity contribution in [3.63, 3.8) is 0 Å². The van der Waals surface area contributed by atoms with Gasteiger partial charge in [0.15, 0.2) is 23.0 Å². The van der Waals surface area contributed by atoms with Gasteiger partial charge < -0.3 is 24.7 Å². The lowest BCUT2D eigenvalue weighted by Gasteiger charge is -2.15. The molecule has 7 heteroatoms. The van der Waals surface area contributed by atoms with Crippen LogP contribution in [0.15, 0.2) is 36.4 Å². The molecule has 0 aliphatic heterocycles. The Morgan fingerprint density at radius 2 is 1.62 bits per heavy atom. The maximum Gasteiger partial charge on any atom is 0.179 e. The van der Waals surface area contributed by atoms with Crippen molar-refractivity contribution < 1.29 is 18.9 Å². The molecule has 2 aromatic rings. The average molecular weight is 368 g/mol. The largest absolute Gasteiger partial charge is 0.493 e. The van der Waals surface area contributed by atoms with E-state index in [9.17, 15) is 0 Å². The van der Waals surface area contributed by atoms with Crippen molar-refractivity contribution in [1.82, 2.24) is 0 Å². The van der Waals surface area contributed by atoms with Crippen LogP contribution in [0.2, 0.25) is 5.02 Å². The van der Waals surface area contributed by atoms with Gasteiger partial charge in [-0.1, -0.05) is 36.0 Å². The number of rotatable bonds is 8. The number of nitrogens with two attached hydrogens (primary N) is 1. The zero-order chi connectivity index (χ0) is 17.5. The Kier molecular flexibility index (Phi) is 6.52. The van der Waals surface area contributed by atoms with E-state index >= 15 is 0 Å². The minimum absolute atomic E-state index is 0.237. The first-order valence-corrected chi connectivity index (χ1v) is 7.91. The minimum Gasteiger partial charge on any atom is -0.493 e. The number of ether oxygens (including phenoxy) is 4. The summed E-state index contributed by atoms with van der Waals surface area (Å²) in [5.74, 6) is 2.18. The highest BCUT2D eigenvalue weighted by atomic mass is 35.5. The fourth-order valence-corrected chi connectivity index (χ4v) is 2.42. The van der Waals surface area contributed by atoms with Gasteiger partial charge in [0.2, 0.25) is 0 Å². The Hall–Kier alpha value is -2.18. The molecule has 0 unspecified atom stereocenters. The molecular weight excluding hydrogens is 350 g/mol. The van der Waals surface area contributed by atoms with Gasteiger partial charge in [-0.25, -0.2) is 0 Å². The van der Waals surface area contributed by atoms with Gasteiger partial charge in [0.25, 0.3) is 0 Å². The normalized spacial score (nSPS) is 10.1. The summed E-state index contributed by atoms with van der Waals surface area (Å²) < 4.78 is 21.8. The number of para-hydroxylation sites is 2. The molecule has 128 valence electrons. The van der Waals surface area contributed by atoms with Crippen LogP contribution in [-0.2, 0) is 0 Å². The van der Waals surface area contributed by atoms with E-state index in [1.165, 1.54) is 7.11 Å². The highest BCUT2D eigenvalue weighted by molar-refractivity contribution is 7.80. The summed E-state index contributed by atoms with van der Waals surface area (Å²) in [7, 11) is 3.11. The molecule has 0 spiro atoms. The quantitative estimate of drug-likeness (QED) is 0.569. The third-order valence-corrected chi connectivity index (χ3v) is 3.69. The third-order valence-electron chi connectivity index (χ3n) is 3.17. The molecule has 0 bridgehead atoms. The smallest absolute Gasteiger partial charge is 0.179 e. The number of hydrogen-bond acceptors (Lipinski definition) is 5. The molecule has 2 aromatic carbocycles. The average Bonchev–Trinajstić information content (AvgIpc) is 2.59. The van der Waals surface area contributed by atoms with Gasteiger partial charge >= 0.3 is 0 Å². The van der Waals surface area contributed by atoms with E-state index in [0.29, 0.717) is 40.2 Å². The van der Waals surface area contributed by atoms with Crippen LogP contribution in [0.4, 0.5) is 0 Å². The van der Waals surface area contributed by atoms with Gasteiger partial charge in [-0.2, -0.15) is 0 Å². The molecule has 5 nitrogen and oxygen atoms in total. The van der Waals surface area contributed by atoms with Crippen LogP contribution >= 0.6 is 23.8 Å². The lowest BCUT2D eigenvalue weighted by Crippen LogP contribution is -2.12. The number of halogens is 1. The molecule has 0 fully saturated rings. The molecule has 0 atom stereocenters.